The summed E-state index contributed by atoms with van der Waals surface area (Å²) < 4.78 is 5.63. The number of likely N-dealkylation sites (N-methyl/N-ethyl adjacent to an activating group) is 1. The van der Waals surface area contributed by atoms with Gasteiger partial charge in [-0.2, -0.15) is 0 Å². The van der Waals surface area contributed by atoms with Gasteiger partial charge in [-0.15, -0.1) is 0 Å². The third-order valence-electron chi connectivity index (χ3n) is 3.74. The van der Waals surface area contributed by atoms with Crippen molar-refractivity contribution >= 4 is 5.91 Å². The van der Waals surface area contributed by atoms with Crippen LogP contribution in [0.4, 0.5) is 0 Å². The third kappa shape index (κ3) is 3.77. The average Bonchev–Trinajstić information content (AvgIpc) is 3.27. The van der Waals surface area contributed by atoms with Crippen LogP contribution in [0.1, 0.15) is 38.3 Å². The van der Waals surface area contributed by atoms with E-state index >= 15 is 0 Å². The second-order valence-corrected chi connectivity index (χ2v) is 5.32. The zero-order chi connectivity index (χ0) is 13.8. The van der Waals surface area contributed by atoms with Crippen molar-refractivity contribution < 1.29 is 9.53 Å². The predicted molar refractivity (Wildman–Crippen MR) is 73.6 cm³/mol. The second-order valence-electron chi connectivity index (χ2n) is 5.32. The molecular formula is C15H22N2O2. The number of amides is 1. The first-order chi connectivity index (χ1) is 9.09. The maximum atomic E-state index is 12.3. The molecule has 0 unspecified atom stereocenters. The topological polar surface area (TPSA) is 42.4 Å². The van der Waals surface area contributed by atoms with Gasteiger partial charge in [0.05, 0.1) is 12.6 Å². The standard InChI is InChI=1S/C15H22N2O2/c1-11(14-6-8-16-9-7-14)17(3)15(18)12(2)19-10-13-4-5-13/h6-9,11-13H,4-5,10H2,1-3H3/t11-,12+/m1/s1. The second kappa shape index (κ2) is 6.15. The van der Waals surface area contributed by atoms with Gasteiger partial charge in [-0.3, -0.25) is 9.78 Å². The van der Waals surface area contributed by atoms with E-state index in [1.54, 1.807) is 17.3 Å². The van der Waals surface area contributed by atoms with Gasteiger partial charge in [-0.05, 0) is 50.3 Å². The lowest BCUT2D eigenvalue weighted by atomic mass is 10.1. The van der Waals surface area contributed by atoms with Gasteiger partial charge in [0, 0.05) is 19.4 Å². The van der Waals surface area contributed by atoms with Crippen LogP contribution in [0.25, 0.3) is 0 Å². The van der Waals surface area contributed by atoms with E-state index < -0.39 is 0 Å². The van der Waals surface area contributed by atoms with Crippen LogP contribution in [0.15, 0.2) is 24.5 Å². The summed E-state index contributed by atoms with van der Waals surface area (Å²) in [7, 11) is 1.82. The van der Waals surface area contributed by atoms with Crippen molar-refractivity contribution in [3.8, 4) is 0 Å². The van der Waals surface area contributed by atoms with E-state index in [2.05, 4.69) is 4.98 Å². The van der Waals surface area contributed by atoms with Crippen LogP contribution < -0.4 is 0 Å². The first-order valence-corrected chi connectivity index (χ1v) is 6.87. The minimum atomic E-state index is -0.366. The van der Waals surface area contributed by atoms with E-state index in [9.17, 15) is 4.79 Å². The molecule has 2 atom stereocenters. The Morgan fingerprint density at radius 1 is 1.42 bits per heavy atom. The van der Waals surface area contributed by atoms with E-state index in [0.717, 1.165) is 5.56 Å². The van der Waals surface area contributed by atoms with Gasteiger partial charge in [-0.25, -0.2) is 0 Å². The van der Waals surface area contributed by atoms with E-state index in [1.807, 2.05) is 33.0 Å². The average molecular weight is 262 g/mol. The third-order valence-corrected chi connectivity index (χ3v) is 3.74. The molecule has 0 aromatic carbocycles. The van der Waals surface area contributed by atoms with Gasteiger partial charge in [0.1, 0.15) is 6.10 Å². The fraction of sp³-hybridized carbons (Fsp3) is 0.600. The molecule has 2 rings (SSSR count). The van der Waals surface area contributed by atoms with E-state index in [-0.39, 0.29) is 18.1 Å². The fourth-order valence-electron chi connectivity index (χ4n) is 1.98. The Morgan fingerprint density at radius 2 is 2.05 bits per heavy atom. The number of rotatable bonds is 6. The lowest BCUT2D eigenvalue weighted by molar-refractivity contribution is -0.143. The van der Waals surface area contributed by atoms with Crippen molar-refractivity contribution in [2.45, 2.75) is 38.8 Å². The summed E-state index contributed by atoms with van der Waals surface area (Å²) in [6.45, 7) is 4.56. The molecule has 1 aromatic rings. The Hall–Kier alpha value is -1.42. The van der Waals surface area contributed by atoms with Gasteiger partial charge in [0.25, 0.3) is 5.91 Å². The first kappa shape index (κ1) is 14.0. The van der Waals surface area contributed by atoms with Gasteiger partial charge in [0.15, 0.2) is 0 Å². The zero-order valence-electron chi connectivity index (χ0n) is 11.9. The number of carbonyl (C=O) groups excluding carboxylic acids is 1. The molecule has 4 heteroatoms. The molecule has 0 radical (unpaired) electrons. The SMILES string of the molecule is C[C@H](OCC1CC1)C(=O)N(C)[C@H](C)c1ccncc1. The number of carbonyl (C=O) groups is 1. The molecule has 1 saturated carbocycles. The van der Waals surface area contributed by atoms with Crippen molar-refractivity contribution in [2.75, 3.05) is 13.7 Å². The number of nitrogens with zero attached hydrogens (tertiary/aromatic N) is 2. The van der Waals surface area contributed by atoms with Gasteiger partial charge < -0.3 is 9.64 Å². The quantitative estimate of drug-likeness (QED) is 0.790. The number of ether oxygens (including phenoxy) is 1. The molecule has 0 N–H and O–H groups in total. The van der Waals surface area contributed by atoms with Crippen LogP contribution in [0.5, 0.6) is 0 Å². The minimum Gasteiger partial charge on any atom is -0.368 e. The molecule has 0 aliphatic heterocycles. The van der Waals surface area contributed by atoms with Crippen molar-refractivity contribution in [3.05, 3.63) is 30.1 Å². The summed E-state index contributed by atoms with van der Waals surface area (Å²) in [5.74, 6) is 0.711. The first-order valence-electron chi connectivity index (χ1n) is 6.87. The summed E-state index contributed by atoms with van der Waals surface area (Å²) in [4.78, 5) is 18.0. The highest BCUT2D eigenvalue weighted by atomic mass is 16.5. The largest absolute Gasteiger partial charge is 0.368 e. The molecule has 19 heavy (non-hydrogen) atoms. The van der Waals surface area contributed by atoms with Crippen LogP contribution in [0.3, 0.4) is 0 Å². The van der Waals surface area contributed by atoms with Crippen LogP contribution in [-0.4, -0.2) is 35.5 Å². The number of hydrogen-bond acceptors (Lipinski definition) is 3. The van der Waals surface area contributed by atoms with E-state index in [4.69, 9.17) is 4.74 Å². The molecule has 1 aromatic heterocycles. The smallest absolute Gasteiger partial charge is 0.251 e. The van der Waals surface area contributed by atoms with Gasteiger partial charge in [-0.1, -0.05) is 0 Å². The summed E-state index contributed by atoms with van der Waals surface area (Å²) in [5, 5.41) is 0. The van der Waals surface area contributed by atoms with E-state index in [0.29, 0.717) is 12.5 Å². The summed E-state index contributed by atoms with van der Waals surface area (Å²) in [5.41, 5.74) is 1.08. The Labute approximate surface area is 114 Å². The molecule has 1 aliphatic carbocycles. The highest BCUT2D eigenvalue weighted by Gasteiger charge is 2.26. The zero-order valence-corrected chi connectivity index (χ0v) is 11.9. The summed E-state index contributed by atoms with van der Waals surface area (Å²) >= 11 is 0. The molecule has 0 saturated heterocycles. The number of aromatic nitrogens is 1. The lowest BCUT2D eigenvalue weighted by Crippen LogP contribution is -2.38. The number of hydrogen-bond donors (Lipinski definition) is 0. The molecule has 1 fully saturated rings. The molecule has 0 bridgehead atoms. The maximum absolute atomic E-state index is 12.3. The molecule has 1 heterocycles. The Balaban J connectivity index is 1.89. The molecule has 0 spiro atoms. The monoisotopic (exact) mass is 262 g/mol. The van der Waals surface area contributed by atoms with Crippen LogP contribution >= 0.6 is 0 Å². The molecule has 1 amide bonds. The lowest BCUT2D eigenvalue weighted by Gasteiger charge is -2.28. The normalized spacial score (nSPS) is 17.8. The van der Waals surface area contributed by atoms with E-state index in [1.165, 1.54) is 12.8 Å². The van der Waals surface area contributed by atoms with Gasteiger partial charge in [0.2, 0.25) is 0 Å². The molecule has 1 aliphatic rings. The van der Waals surface area contributed by atoms with Crippen LogP contribution in [-0.2, 0) is 9.53 Å². The highest BCUT2D eigenvalue weighted by Crippen LogP contribution is 2.29. The highest BCUT2D eigenvalue weighted by molar-refractivity contribution is 5.80. The molecular weight excluding hydrogens is 240 g/mol. The van der Waals surface area contributed by atoms with Crippen molar-refractivity contribution in [1.29, 1.82) is 0 Å². The Bertz CT molecular complexity index is 417. The predicted octanol–water partition coefficient (Wildman–Crippen LogP) is 2.42. The number of pyridine rings is 1. The summed E-state index contributed by atoms with van der Waals surface area (Å²) in [6, 6.07) is 3.90. The van der Waals surface area contributed by atoms with Crippen molar-refractivity contribution in [1.82, 2.24) is 9.88 Å². The molecule has 104 valence electrons. The van der Waals surface area contributed by atoms with Gasteiger partial charge >= 0.3 is 0 Å². The van der Waals surface area contributed by atoms with Crippen LogP contribution in [0, 0.1) is 5.92 Å². The Kier molecular flexibility index (Phi) is 4.53. The maximum Gasteiger partial charge on any atom is 0.251 e. The summed E-state index contributed by atoms with van der Waals surface area (Å²) in [6.07, 6.45) is 5.61. The minimum absolute atomic E-state index is 0.0301. The molecule has 4 nitrogen and oxygen atoms in total. The Morgan fingerprint density at radius 3 is 2.63 bits per heavy atom. The fourth-order valence-corrected chi connectivity index (χ4v) is 1.98. The van der Waals surface area contributed by atoms with Crippen molar-refractivity contribution in [2.24, 2.45) is 5.92 Å². The van der Waals surface area contributed by atoms with Crippen LogP contribution in [0.2, 0.25) is 0 Å². The van der Waals surface area contributed by atoms with Crippen molar-refractivity contribution in [3.63, 3.8) is 0 Å².